The molecule has 0 aliphatic carbocycles. The normalized spacial score (nSPS) is 13.6. The van der Waals surface area contributed by atoms with Crippen LogP contribution in [0.5, 0.6) is 0 Å². The largest absolute Gasteiger partial charge is 0.352 e. The maximum Gasteiger partial charge on any atom is 0.261 e. The van der Waals surface area contributed by atoms with Crippen LogP contribution in [0.25, 0.3) is 0 Å². The topological polar surface area (TPSA) is 133 Å². The average molecular weight is 626 g/mol. The molecular weight excluding hydrogens is 599 g/mol. The van der Waals surface area contributed by atoms with Crippen LogP contribution in [0.4, 0.5) is 5.69 Å². The van der Waals surface area contributed by atoms with E-state index in [1.165, 1.54) is 54.6 Å². The number of hydrogen-bond donors (Lipinski definition) is 4. The summed E-state index contributed by atoms with van der Waals surface area (Å²) in [6.45, 7) is 1.48. The van der Waals surface area contributed by atoms with Crippen molar-refractivity contribution >= 4 is 68.9 Å². The molecule has 9 nitrogen and oxygen atoms in total. The molecule has 1 fully saturated rings. The zero-order valence-electron chi connectivity index (χ0n) is 21.1. The number of amides is 2. The number of halogens is 3. The number of anilines is 1. The molecule has 0 unspecified atom stereocenters. The molecule has 13 heteroatoms. The van der Waals surface area contributed by atoms with E-state index >= 15 is 0 Å². The molecule has 1 aliphatic heterocycles. The van der Waals surface area contributed by atoms with Gasteiger partial charge in [-0.1, -0.05) is 35.3 Å². The quantitative estimate of drug-likeness (QED) is 0.265. The summed E-state index contributed by atoms with van der Waals surface area (Å²) in [5.74, 6) is -1.28. The van der Waals surface area contributed by atoms with E-state index in [-0.39, 0.29) is 63.2 Å². The predicted molar refractivity (Wildman–Crippen MR) is 157 cm³/mol. The van der Waals surface area contributed by atoms with Crippen LogP contribution in [0.2, 0.25) is 10.0 Å². The fourth-order valence-corrected chi connectivity index (χ4v) is 5.66. The molecule has 4 N–H and O–H groups in total. The summed E-state index contributed by atoms with van der Waals surface area (Å²) >= 11 is 12.1. The molecule has 3 aromatic rings. The van der Waals surface area contributed by atoms with Gasteiger partial charge in [0, 0.05) is 27.8 Å². The Morgan fingerprint density at radius 3 is 2.25 bits per heavy atom. The van der Waals surface area contributed by atoms with Gasteiger partial charge in [0.25, 0.3) is 15.9 Å². The van der Waals surface area contributed by atoms with Crippen molar-refractivity contribution < 1.29 is 22.8 Å². The van der Waals surface area contributed by atoms with Gasteiger partial charge in [0.15, 0.2) is 5.78 Å². The van der Waals surface area contributed by atoms with Crippen molar-refractivity contribution in [1.29, 1.82) is 0 Å². The van der Waals surface area contributed by atoms with Crippen molar-refractivity contribution in [2.75, 3.05) is 24.4 Å². The van der Waals surface area contributed by atoms with Gasteiger partial charge >= 0.3 is 0 Å². The number of benzene rings is 3. The van der Waals surface area contributed by atoms with Crippen molar-refractivity contribution in [3.05, 3.63) is 93.5 Å². The zero-order chi connectivity index (χ0) is 28.0. The number of para-hydroxylation sites is 1. The molecule has 0 bridgehead atoms. The first kappa shape index (κ1) is 31.4. The third-order valence-corrected chi connectivity index (χ3v) is 8.06. The van der Waals surface area contributed by atoms with E-state index in [1.807, 2.05) is 0 Å². The van der Waals surface area contributed by atoms with Gasteiger partial charge < -0.3 is 16.0 Å². The lowest BCUT2D eigenvalue weighted by atomic mass is 10.0. The Morgan fingerprint density at radius 2 is 1.57 bits per heavy atom. The lowest BCUT2D eigenvalue weighted by Gasteiger charge is -2.23. The Labute approximate surface area is 248 Å². The number of nitrogens with one attached hydrogen (secondary N) is 4. The highest BCUT2D eigenvalue weighted by molar-refractivity contribution is 7.92. The van der Waals surface area contributed by atoms with Gasteiger partial charge in [0.2, 0.25) is 5.91 Å². The van der Waals surface area contributed by atoms with E-state index in [9.17, 15) is 22.8 Å². The molecule has 40 heavy (non-hydrogen) atoms. The number of carbonyl (C=O) groups is 3. The van der Waals surface area contributed by atoms with Crippen LogP contribution < -0.4 is 20.7 Å². The zero-order valence-corrected chi connectivity index (χ0v) is 24.2. The molecule has 1 saturated heterocycles. The van der Waals surface area contributed by atoms with E-state index in [0.29, 0.717) is 5.02 Å². The predicted octanol–water partition coefficient (Wildman–Crippen LogP) is 4.05. The van der Waals surface area contributed by atoms with Crippen LogP contribution in [0.15, 0.2) is 71.6 Å². The molecule has 1 aliphatic rings. The van der Waals surface area contributed by atoms with Crippen LogP contribution >= 0.6 is 35.6 Å². The number of sulfonamides is 1. The molecule has 3 aromatic carbocycles. The van der Waals surface area contributed by atoms with E-state index in [1.54, 1.807) is 12.1 Å². The van der Waals surface area contributed by atoms with E-state index in [4.69, 9.17) is 23.2 Å². The summed E-state index contributed by atoms with van der Waals surface area (Å²) in [5, 5.41) is 9.15. The standard InChI is InChI=1S/C27H26Cl2N4O5S.ClH/c28-18-7-10-21(23(29)15-18)26(35)22-3-1-2-4-24(22)33-39(37,38)20-8-5-17(6-9-20)27(36)31-16-25(34)32-19-11-13-30-14-12-19;/h1-10,15,19,30,33H,11-14,16H2,(H,31,36)(H,32,34);1H. The molecule has 1 heterocycles. The second-order valence-electron chi connectivity index (χ2n) is 8.90. The fourth-order valence-electron chi connectivity index (χ4n) is 4.09. The third-order valence-electron chi connectivity index (χ3n) is 6.13. The maximum atomic E-state index is 13.1. The average Bonchev–Trinajstić information content (AvgIpc) is 2.92. The van der Waals surface area contributed by atoms with Crippen LogP contribution in [0, 0.1) is 0 Å². The van der Waals surface area contributed by atoms with Gasteiger partial charge in [-0.3, -0.25) is 19.1 Å². The molecule has 0 atom stereocenters. The summed E-state index contributed by atoms with van der Waals surface area (Å²) in [7, 11) is -4.11. The first-order chi connectivity index (χ1) is 18.6. The second kappa shape index (κ2) is 14.0. The SMILES string of the molecule is Cl.O=C(CNC(=O)c1ccc(S(=O)(=O)Nc2ccccc2C(=O)c2ccc(Cl)cc2Cl)cc1)NC1CCNCC1. The highest BCUT2D eigenvalue weighted by atomic mass is 35.5. The van der Waals surface area contributed by atoms with Crippen molar-refractivity contribution in [3.8, 4) is 0 Å². The number of piperidine rings is 1. The fraction of sp³-hybridized carbons (Fsp3) is 0.222. The highest BCUT2D eigenvalue weighted by Crippen LogP contribution is 2.27. The van der Waals surface area contributed by atoms with Gasteiger partial charge in [-0.2, -0.15) is 0 Å². The van der Waals surface area contributed by atoms with Crippen molar-refractivity contribution in [1.82, 2.24) is 16.0 Å². The molecular formula is C27H27Cl3N4O5S. The number of ketones is 1. The van der Waals surface area contributed by atoms with Crippen LogP contribution in [0.1, 0.15) is 39.1 Å². The van der Waals surface area contributed by atoms with Gasteiger partial charge in [-0.25, -0.2) is 8.42 Å². The lowest BCUT2D eigenvalue weighted by molar-refractivity contribution is -0.121. The van der Waals surface area contributed by atoms with Crippen LogP contribution in [-0.4, -0.2) is 51.7 Å². The number of carbonyl (C=O) groups excluding carboxylic acids is 3. The van der Waals surface area contributed by atoms with Crippen LogP contribution in [-0.2, 0) is 14.8 Å². The van der Waals surface area contributed by atoms with Crippen molar-refractivity contribution in [2.24, 2.45) is 0 Å². The summed E-state index contributed by atoms with van der Waals surface area (Å²) in [5.41, 5.74) is 0.531. The van der Waals surface area contributed by atoms with Gasteiger partial charge in [-0.15, -0.1) is 12.4 Å². The Hall–Kier alpha value is -3.15. The highest BCUT2D eigenvalue weighted by Gasteiger charge is 2.22. The smallest absolute Gasteiger partial charge is 0.261 e. The summed E-state index contributed by atoms with van der Waals surface area (Å²) < 4.78 is 28.6. The van der Waals surface area contributed by atoms with Gasteiger partial charge in [0.1, 0.15) is 0 Å². The minimum atomic E-state index is -4.11. The van der Waals surface area contributed by atoms with Gasteiger partial charge in [-0.05, 0) is 80.5 Å². The van der Waals surface area contributed by atoms with Crippen molar-refractivity contribution in [2.45, 2.75) is 23.8 Å². The first-order valence-corrected chi connectivity index (χ1v) is 14.4. The Bertz CT molecular complexity index is 1490. The minimum Gasteiger partial charge on any atom is -0.352 e. The lowest BCUT2D eigenvalue weighted by Crippen LogP contribution is -2.46. The first-order valence-electron chi connectivity index (χ1n) is 12.1. The Morgan fingerprint density at radius 1 is 0.900 bits per heavy atom. The molecule has 0 radical (unpaired) electrons. The molecule has 212 valence electrons. The monoisotopic (exact) mass is 624 g/mol. The van der Waals surface area contributed by atoms with E-state index < -0.39 is 21.7 Å². The van der Waals surface area contributed by atoms with Gasteiger partial charge in [0.05, 0.1) is 22.2 Å². The summed E-state index contributed by atoms with van der Waals surface area (Å²) in [6, 6.07) is 15.9. The Kier molecular flexibility index (Phi) is 11.0. The van der Waals surface area contributed by atoms with Crippen molar-refractivity contribution in [3.63, 3.8) is 0 Å². The van der Waals surface area contributed by atoms with Crippen LogP contribution in [0.3, 0.4) is 0 Å². The molecule has 0 aromatic heterocycles. The maximum absolute atomic E-state index is 13.1. The molecule has 0 spiro atoms. The minimum absolute atomic E-state index is 0. The summed E-state index contributed by atoms with van der Waals surface area (Å²) in [6.07, 6.45) is 1.66. The molecule has 4 rings (SSSR count). The van der Waals surface area contributed by atoms with E-state index in [0.717, 1.165) is 25.9 Å². The Balaban J connectivity index is 0.00000441. The summed E-state index contributed by atoms with van der Waals surface area (Å²) in [4.78, 5) is 37.6. The number of rotatable bonds is 9. The third kappa shape index (κ3) is 7.96. The second-order valence-corrected chi connectivity index (χ2v) is 11.4. The van der Waals surface area contributed by atoms with E-state index in [2.05, 4.69) is 20.7 Å². The number of hydrogen-bond acceptors (Lipinski definition) is 6. The molecule has 2 amide bonds. The molecule has 0 saturated carbocycles.